The number of amides is 1. The summed E-state index contributed by atoms with van der Waals surface area (Å²) in [5.74, 6) is -0.297. The summed E-state index contributed by atoms with van der Waals surface area (Å²) in [6.07, 6.45) is 7.52. The van der Waals surface area contributed by atoms with Crippen LogP contribution in [0.15, 0.2) is 12.5 Å². The van der Waals surface area contributed by atoms with Crippen molar-refractivity contribution in [3.8, 4) is 6.07 Å². The smallest absolute Gasteiger partial charge is 0.342 e. The van der Waals surface area contributed by atoms with Gasteiger partial charge in [0, 0.05) is 17.9 Å². The number of ether oxygens (including phenoxy) is 1. The van der Waals surface area contributed by atoms with Crippen LogP contribution in [0.3, 0.4) is 0 Å². The molecule has 3 aromatic rings. The van der Waals surface area contributed by atoms with Gasteiger partial charge < -0.3 is 14.6 Å². The Labute approximate surface area is 185 Å². The molecule has 1 N–H and O–H groups in total. The van der Waals surface area contributed by atoms with E-state index >= 15 is 0 Å². The lowest BCUT2D eigenvalue weighted by molar-refractivity contribution is -0.119. The van der Waals surface area contributed by atoms with Crippen LogP contribution in [-0.4, -0.2) is 42.6 Å². The fourth-order valence-electron chi connectivity index (χ4n) is 4.42. The van der Waals surface area contributed by atoms with Gasteiger partial charge in [-0.25, -0.2) is 14.3 Å². The van der Waals surface area contributed by atoms with E-state index in [0.717, 1.165) is 36.9 Å². The van der Waals surface area contributed by atoms with E-state index in [1.54, 1.807) is 0 Å². The number of hydrogen-bond donors (Lipinski definition) is 1. The molecule has 1 saturated carbocycles. The molecule has 1 fully saturated rings. The zero-order valence-electron chi connectivity index (χ0n) is 18.4. The van der Waals surface area contributed by atoms with Gasteiger partial charge in [0.05, 0.1) is 16.8 Å². The van der Waals surface area contributed by atoms with Gasteiger partial charge in [0.2, 0.25) is 0 Å². The summed E-state index contributed by atoms with van der Waals surface area (Å²) in [6.45, 7) is 5.25. The molecule has 0 bridgehead atoms. The zero-order valence-corrected chi connectivity index (χ0v) is 18.4. The van der Waals surface area contributed by atoms with Gasteiger partial charge in [0.15, 0.2) is 6.61 Å². The average molecular weight is 435 g/mol. The van der Waals surface area contributed by atoms with E-state index in [1.807, 2.05) is 20.8 Å². The van der Waals surface area contributed by atoms with Crippen molar-refractivity contribution < 1.29 is 14.3 Å². The number of fused-ring (bicyclic) bond motifs is 1. The lowest BCUT2D eigenvalue weighted by atomic mass is 10.2. The second-order valence-corrected chi connectivity index (χ2v) is 7.92. The highest BCUT2D eigenvalue weighted by Crippen LogP contribution is 2.37. The van der Waals surface area contributed by atoms with E-state index in [1.165, 1.54) is 17.0 Å². The molecule has 0 saturated heterocycles. The van der Waals surface area contributed by atoms with Crippen molar-refractivity contribution in [3.05, 3.63) is 40.6 Å². The summed E-state index contributed by atoms with van der Waals surface area (Å²) < 4.78 is 8.80. The Balaban J connectivity index is 1.51. The van der Waals surface area contributed by atoms with Crippen LogP contribution in [0.5, 0.6) is 0 Å². The Morgan fingerprint density at radius 2 is 2.03 bits per heavy atom. The Hall–Kier alpha value is -3.74. The number of anilines is 1. The van der Waals surface area contributed by atoms with Gasteiger partial charge in [-0.1, -0.05) is 19.8 Å². The highest BCUT2D eigenvalue weighted by molar-refractivity contribution is 5.96. The van der Waals surface area contributed by atoms with E-state index in [-0.39, 0.29) is 11.6 Å². The van der Waals surface area contributed by atoms with Gasteiger partial charge in [0.1, 0.15) is 18.2 Å². The molecule has 10 heteroatoms. The standard InChI is InChI=1S/C22H25N7O3/c1-4-18-17(10-24-22-25-12-26-29(18)22)21(31)32-11-19(30)27-20-16(9-23)13(2)14(3)28(20)15-7-5-6-8-15/h10,12,15H,4-8,11H2,1-3H3,(H,27,30). The molecule has 0 aromatic carbocycles. The first-order valence-corrected chi connectivity index (χ1v) is 10.7. The average Bonchev–Trinajstić information content (AvgIpc) is 3.52. The summed E-state index contributed by atoms with van der Waals surface area (Å²) in [7, 11) is 0. The maximum Gasteiger partial charge on any atom is 0.342 e. The molecule has 0 atom stereocenters. The predicted octanol–water partition coefficient (Wildman–Crippen LogP) is 2.89. The number of carbonyl (C=O) groups is 2. The maximum atomic E-state index is 12.7. The summed E-state index contributed by atoms with van der Waals surface area (Å²) in [5.41, 5.74) is 3.11. The van der Waals surface area contributed by atoms with Gasteiger partial charge in [-0.3, -0.25) is 4.79 Å². The Kier molecular flexibility index (Phi) is 5.90. The molecule has 0 spiro atoms. The van der Waals surface area contributed by atoms with E-state index < -0.39 is 18.5 Å². The minimum atomic E-state index is -0.666. The third-order valence-corrected chi connectivity index (χ3v) is 6.11. The van der Waals surface area contributed by atoms with Gasteiger partial charge in [0.25, 0.3) is 11.7 Å². The van der Waals surface area contributed by atoms with Gasteiger partial charge in [-0.15, -0.1) is 0 Å². The van der Waals surface area contributed by atoms with Crippen molar-refractivity contribution in [1.82, 2.24) is 24.1 Å². The number of nitriles is 1. The van der Waals surface area contributed by atoms with Crippen LogP contribution in [0, 0.1) is 25.2 Å². The lowest BCUT2D eigenvalue weighted by Gasteiger charge is -2.19. The van der Waals surface area contributed by atoms with Crippen LogP contribution in [-0.2, 0) is 16.0 Å². The summed E-state index contributed by atoms with van der Waals surface area (Å²) in [4.78, 5) is 33.4. The van der Waals surface area contributed by atoms with Crippen LogP contribution < -0.4 is 5.32 Å². The van der Waals surface area contributed by atoms with Gasteiger partial charge >= 0.3 is 5.97 Å². The minimum Gasteiger partial charge on any atom is -0.452 e. The SMILES string of the molecule is CCc1c(C(=O)OCC(=O)Nc2c(C#N)c(C)c(C)n2C2CCCC2)cnc2ncnn12. The van der Waals surface area contributed by atoms with Crippen molar-refractivity contribution >= 4 is 23.5 Å². The first-order valence-electron chi connectivity index (χ1n) is 10.7. The molecule has 32 heavy (non-hydrogen) atoms. The maximum absolute atomic E-state index is 12.7. The molecule has 0 radical (unpaired) electrons. The van der Waals surface area contributed by atoms with Gasteiger partial charge in [-0.05, 0) is 38.7 Å². The number of nitrogens with one attached hydrogen (secondary N) is 1. The third kappa shape index (κ3) is 3.70. The first-order chi connectivity index (χ1) is 15.5. The third-order valence-electron chi connectivity index (χ3n) is 6.11. The number of aromatic nitrogens is 5. The molecule has 1 aliphatic rings. The number of nitrogens with zero attached hydrogens (tertiary/aromatic N) is 6. The highest BCUT2D eigenvalue weighted by atomic mass is 16.5. The normalized spacial score (nSPS) is 13.9. The molecule has 4 rings (SSSR count). The molecule has 3 aromatic heterocycles. The second kappa shape index (κ2) is 8.78. The summed E-state index contributed by atoms with van der Waals surface area (Å²) in [6, 6.07) is 2.46. The Bertz CT molecular complexity index is 1230. The molecule has 166 valence electrons. The molecule has 0 aliphatic heterocycles. The fraction of sp³-hybridized carbons (Fsp3) is 0.455. The molecular formula is C22H25N7O3. The second-order valence-electron chi connectivity index (χ2n) is 7.92. The van der Waals surface area contributed by atoms with E-state index in [2.05, 4.69) is 31.0 Å². The molecule has 0 unspecified atom stereocenters. The Morgan fingerprint density at radius 1 is 1.28 bits per heavy atom. The zero-order chi connectivity index (χ0) is 22.8. The number of carbonyl (C=O) groups excluding carboxylic acids is 2. The first kappa shape index (κ1) is 21.5. The highest BCUT2D eigenvalue weighted by Gasteiger charge is 2.27. The quantitative estimate of drug-likeness (QED) is 0.590. The van der Waals surface area contributed by atoms with Crippen LogP contribution in [0.4, 0.5) is 5.82 Å². The molecular weight excluding hydrogens is 410 g/mol. The Morgan fingerprint density at radius 3 is 2.72 bits per heavy atom. The molecule has 3 heterocycles. The van der Waals surface area contributed by atoms with Crippen LogP contribution in [0.25, 0.3) is 5.78 Å². The van der Waals surface area contributed by atoms with E-state index in [0.29, 0.717) is 29.3 Å². The largest absolute Gasteiger partial charge is 0.452 e. The minimum absolute atomic E-state index is 0.233. The topological polar surface area (TPSA) is 127 Å². The van der Waals surface area contributed by atoms with Crippen LogP contribution in [0.2, 0.25) is 0 Å². The fourth-order valence-corrected chi connectivity index (χ4v) is 4.42. The number of esters is 1. The van der Waals surface area contributed by atoms with Crippen molar-refractivity contribution in [2.75, 3.05) is 11.9 Å². The molecule has 10 nitrogen and oxygen atoms in total. The number of aryl methyl sites for hydroxylation is 1. The van der Waals surface area contributed by atoms with Crippen molar-refractivity contribution in [2.24, 2.45) is 0 Å². The molecule has 1 amide bonds. The van der Waals surface area contributed by atoms with E-state index in [9.17, 15) is 14.9 Å². The monoisotopic (exact) mass is 435 g/mol. The number of rotatable bonds is 6. The summed E-state index contributed by atoms with van der Waals surface area (Å²) >= 11 is 0. The van der Waals surface area contributed by atoms with Crippen molar-refractivity contribution in [1.29, 1.82) is 5.26 Å². The summed E-state index contributed by atoms with van der Waals surface area (Å²) in [5, 5.41) is 16.6. The van der Waals surface area contributed by atoms with Crippen molar-refractivity contribution in [2.45, 2.75) is 58.9 Å². The molecule has 1 aliphatic carbocycles. The van der Waals surface area contributed by atoms with Crippen molar-refractivity contribution in [3.63, 3.8) is 0 Å². The predicted molar refractivity (Wildman–Crippen MR) is 115 cm³/mol. The van der Waals surface area contributed by atoms with E-state index in [4.69, 9.17) is 4.74 Å². The van der Waals surface area contributed by atoms with Crippen LogP contribution in [0.1, 0.15) is 71.5 Å². The van der Waals surface area contributed by atoms with Gasteiger partial charge in [-0.2, -0.15) is 15.3 Å². The van der Waals surface area contributed by atoms with Crippen LogP contribution >= 0.6 is 0 Å². The number of hydrogen-bond acceptors (Lipinski definition) is 7. The lowest BCUT2D eigenvalue weighted by Crippen LogP contribution is -2.24.